The number of hydrogen-bond donors (Lipinski definition) is 6. The minimum absolute atomic E-state index is 0.0919. The van der Waals surface area contributed by atoms with Gasteiger partial charge in [-0.1, -0.05) is 24.3 Å². The van der Waals surface area contributed by atoms with Crippen LogP contribution >= 0.6 is 0 Å². The van der Waals surface area contributed by atoms with Crippen LogP contribution in [0.3, 0.4) is 0 Å². The first kappa shape index (κ1) is 18.6. The fourth-order valence-electron chi connectivity index (χ4n) is 4.32. The molecule has 6 aromatic carbocycles. The molecule has 0 aliphatic rings. The van der Waals surface area contributed by atoms with E-state index >= 15 is 0 Å². The van der Waals surface area contributed by atoms with Gasteiger partial charge in [-0.3, -0.25) is 9.79 Å². The number of benzene rings is 6. The number of rotatable bonds is 3. The second-order valence-electron chi connectivity index (χ2n) is 7.20. The first-order valence-electron chi connectivity index (χ1n) is 9.28. The molecule has 0 amide bonds. The summed E-state index contributed by atoms with van der Waals surface area (Å²) in [6, 6.07) is 9.74. The van der Waals surface area contributed by atoms with Crippen LogP contribution in [-0.4, -0.2) is 42.8 Å². The standard InChI is InChI=1S/C23H15NO7/c25-11-5-6-12(26)17-15-10-4-2-1-3-9(10)14(16(11)17)18-19(15)22(30)23(31)20(21(18)29)24-8-7-13(27)28/h1-6,8,25-26,29-31H,7H2,(H,27,28). The zero-order valence-corrected chi connectivity index (χ0v) is 15.8. The van der Waals surface area contributed by atoms with E-state index < -0.39 is 35.3 Å². The summed E-state index contributed by atoms with van der Waals surface area (Å²) in [4.78, 5) is 14.6. The summed E-state index contributed by atoms with van der Waals surface area (Å²) >= 11 is 0. The maximum Gasteiger partial charge on any atom is 0.308 e. The Labute approximate surface area is 173 Å². The Kier molecular flexibility index (Phi) is 3.75. The van der Waals surface area contributed by atoms with Gasteiger partial charge >= 0.3 is 5.97 Å². The molecule has 0 spiro atoms. The molecule has 0 radical (unpaired) electrons. The Bertz CT molecular complexity index is 1590. The fourth-order valence-corrected chi connectivity index (χ4v) is 4.32. The highest BCUT2D eigenvalue weighted by Gasteiger charge is 2.28. The van der Waals surface area contributed by atoms with Gasteiger partial charge < -0.3 is 30.6 Å². The molecule has 2 bridgehead atoms. The van der Waals surface area contributed by atoms with Gasteiger partial charge in [-0.05, 0) is 22.9 Å². The minimum Gasteiger partial charge on any atom is -0.507 e. The summed E-state index contributed by atoms with van der Waals surface area (Å²) < 4.78 is 0. The molecule has 0 atom stereocenters. The van der Waals surface area contributed by atoms with E-state index in [-0.39, 0.29) is 33.0 Å². The van der Waals surface area contributed by atoms with Crippen molar-refractivity contribution in [2.45, 2.75) is 6.42 Å². The van der Waals surface area contributed by atoms with Gasteiger partial charge in [0.25, 0.3) is 0 Å². The van der Waals surface area contributed by atoms with Gasteiger partial charge in [0.05, 0.1) is 6.42 Å². The van der Waals surface area contributed by atoms with Crippen molar-refractivity contribution >= 4 is 61.0 Å². The summed E-state index contributed by atoms with van der Waals surface area (Å²) in [7, 11) is 0. The monoisotopic (exact) mass is 417 g/mol. The van der Waals surface area contributed by atoms with Crippen LogP contribution in [0.2, 0.25) is 0 Å². The molecule has 8 nitrogen and oxygen atoms in total. The molecule has 0 saturated carbocycles. The lowest BCUT2D eigenvalue weighted by atomic mass is 9.84. The fraction of sp³-hybridized carbons (Fsp3) is 0.0435. The number of nitrogens with zero attached hydrogens (tertiary/aromatic N) is 1. The second-order valence-corrected chi connectivity index (χ2v) is 7.20. The Balaban J connectivity index is 2.10. The first-order valence-corrected chi connectivity index (χ1v) is 9.28. The van der Waals surface area contributed by atoms with Gasteiger partial charge in [0, 0.05) is 38.5 Å². The Morgan fingerprint density at radius 1 is 0.710 bits per heavy atom. The lowest BCUT2D eigenvalue weighted by Gasteiger charge is -2.21. The molecule has 6 N–H and O–H groups in total. The molecular formula is C23H15NO7. The highest BCUT2D eigenvalue weighted by molar-refractivity contribution is 6.44. The van der Waals surface area contributed by atoms with Crippen molar-refractivity contribution in [2.24, 2.45) is 4.99 Å². The quantitative estimate of drug-likeness (QED) is 0.110. The van der Waals surface area contributed by atoms with Gasteiger partial charge in [0.1, 0.15) is 11.5 Å². The van der Waals surface area contributed by atoms with Crippen LogP contribution in [-0.2, 0) is 4.79 Å². The third-order valence-electron chi connectivity index (χ3n) is 5.51. The summed E-state index contributed by atoms with van der Waals surface area (Å²) in [5, 5.41) is 65.2. The zero-order chi connectivity index (χ0) is 22.0. The maximum atomic E-state index is 11.0. The lowest BCUT2D eigenvalue weighted by molar-refractivity contribution is -0.135. The molecule has 8 heteroatoms. The van der Waals surface area contributed by atoms with Crippen LogP contribution in [0.1, 0.15) is 6.42 Å². The van der Waals surface area contributed by atoms with Crippen LogP contribution in [0.15, 0.2) is 41.4 Å². The number of aliphatic carboxylic acids is 1. The number of phenols is 5. The first-order chi connectivity index (χ1) is 14.8. The van der Waals surface area contributed by atoms with Crippen molar-refractivity contribution in [1.29, 1.82) is 0 Å². The summed E-state index contributed by atoms with van der Waals surface area (Å²) in [6.45, 7) is 0. The number of aliphatic imine (C=N–C) groups is 1. The van der Waals surface area contributed by atoms with E-state index in [4.69, 9.17) is 5.11 Å². The molecule has 0 saturated heterocycles. The third kappa shape index (κ3) is 2.35. The van der Waals surface area contributed by atoms with Crippen LogP contribution in [0, 0.1) is 0 Å². The summed E-state index contributed by atoms with van der Waals surface area (Å²) in [6.07, 6.45) is 0.540. The topological polar surface area (TPSA) is 151 Å². The highest BCUT2D eigenvalue weighted by Crippen LogP contribution is 2.58. The molecule has 0 fully saturated rings. The number of carboxylic acid groups (broad SMARTS) is 1. The smallest absolute Gasteiger partial charge is 0.308 e. The van der Waals surface area contributed by atoms with E-state index in [9.17, 15) is 30.3 Å². The highest BCUT2D eigenvalue weighted by atomic mass is 16.4. The Morgan fingerprint density at radius 3 is 1.74 bits per heavy atom. The van der Waals surface area contributed by atoms with Gasteiger partial charge in [0.15, 0.2) is 22.9 Å². The third-order valence-corrected chi connectivity index (χ3v) is 5.51. The predicted molar refractivity (Wildman–Crippen MR) is 116 cm³/mol. The Hall–Kier alpha value is -4.46. The predicted octanol–water partition coefficient (Wildman–Crippen LogP) is 4.44. The number of carbonyl (C=O) groups is 1. The van der Waals surface area contributed by atoms with Crippen molar-refractivity contribution in [1.82, 2.24) is 0 Å². The van der Waals surface area contributed by atoms with Crippen molar-refractivity contribution in [3.8, 4) is 28.7 Å². The second kappa shape index (κ2) is 6.27. The molecule has 154 valence electrons. The Morgan fingerprint density at radius 2 is 1.23 bits per heavy atom. The number of hydrogen-bond acceptors (Lipinski definition) is 7. The van der Waals surface area contributed by atoms with E-state index in [1.807, 2.05) is 0 Å². The summed E-state index contributed by atoms with van der Waals surface area (Å²) in [5.74, 6) is -3.21. The molecule has 0 aliphatic heterocycles. The van der Waals surface area contributed by atoms with Crippen molar-refractivity contribution in [2.75, 3.05) is 0 Å². The van der Waals surface area contributed by atoms with Crippen molar-refractivity contribution in [3.05, 3.63) is 36.4 Å². The van der Waals surface area contributed by atoms with Crippen LogP contribution in [0.4, 0.5) is 5.69 Å². The van der Waals surface area contributed by atoms with Crippen LogP contribution in [0.5, 0.6) is 28.7 Å². The van der Waals surface area contributed by atoms with E-state index in [1.54, 1.807) is 24.3 Å². The van der Waals surface area contributed by atoms with Gasteiger partial charge in [-0.2, -0.15) is 0 Å². The van der Waals surface area contributed by atoms with Gasteiger partial charge in [0.2, 0.25) is 0 Å². The largest absolute Gasteiger partial charge is 0.507 e. The zero-order valence-electron chi connectivity index (χ0n) is 15.8. The molecule has 0 unspecified atom stereocenters. The van der Waals surface area contributed by atoms with Crippen molar-refractivity contribution in [3.63, 3.8) is 0 Å². The SMILES string of the molecule is O=C(O)CC=Nc1c(O)c(O)c2c(c1O)c1c3ccccc3c2c2c(O)ccc(O)c21. The van der Waals surface area contributed by atoms with E-state index in [0.717, 1.165) is 6.21 Å². The number of aromatic hydroxyl groups is 5. The molecule has 0 heterocycles. The number of phenolic OH excluding ortho intramolecular Hbond substituents is 5. The number of carboxylic acids is 1. The summed E-state index contributed by atoms with van der Waals surface area (Å²) in [5.41, 5.74) is -0.392. The van der Waals surface area contributed by atoms with Gasteiger partial charge in [-0.25, -0.2) is 0 Å². The molecule has 31 heavy (non-hydrogen) atoms. The van der Waals surface area contributed by atoms with Crippen LogP contribution < -0.4 is 0 Å². The lowest BCUT2D eigenvalue weighted by Crippen LogP contribution is -1.94. The molecule has 0 aromatic heterocycles. The van der Waals surface area contributed by atoms with E-state index in [1.165, 1.54) is 12.1 Å². The minimum atomic E-state index is -1.16. The molecule has 0 aliphatic carbocycles. The normalized spacial score (nSPS) is 12.1. The van der Waals surface area contributed by atoms with Crippen LogP contribution in [0.25, 0.3) is 43.1 Å². The van der Waals surface area contributed by atoms with E-state index in [0.29, 0.717) is 21.5 Å². The molecule has 6 aromatic rings. The average molecular weight is 417 g/mol. The maximum absolute atomic E-state index is 11.0. The average Bonchev–Trinajstić information content (AvgIpc) is 2.76. The molecule has 6 rings (SSSR count). The van der Waals surface area contributed by atoms with E-state index in [2.05, 4.69) is 4.99 Å². The molecular weight excluding hydrogens is 402 g/mol. The van der Waals surface area contributed by atoms with Crippen molar-refractivity contribution < 1.29 is 35.4 Å². The van der Waals surface area contributed by atoms with Gasteiger partial charge in [-0.15, -0.1) is 0 Å².